The Morgan fingerprint density at radius 3 is 3.12 bits per heavy atom. The number of thioether (sulfide) groups is 1. The summed E-state index contributed by atoms with van der Waals surface area (Å²) in [6, 6.07) is 5.26. The third-order valence-corrected chi connectivity index (χ3v) is 2.87. The van der Waals surface area contributed by atoms with Gasteiger partial charge in [-0.05, 0) is 12.1 Å². The molecule has 0 aliphatic rings. The van der Waals surface area contributed by atoms with Crippen molar-refractivity contribution in [3.63, 3.8) is 0 Å². The lowest BCUT2D eigenvalue weighted by Crippen LogP contribution is -2.06. The van der Waals surface area contributed by atoms with Gasteiger partial charge in [0.05, 0.1) is 11.6 Å². The van der Waals surface area contributed by atoms with Gasteiger partial charge in [-0.1, -0.05) is 17.7 Å². The van der Waals surface area contributed by atoms with Gasteiger partial charge in [-0.3, -0.25) is 0 Å². The van der Waals surface area contributed by atoms with Crippen LogP contribution >= 0.6 is 23.4 Å². The molecule has 5 heteroatoms. The lowest BCUT2D eigenvalue weighted by Gasteiger charge is -2.05. The highest BCUT2D eigenvalue weighted by atomic mass is 35.5. The van der Waals surface area contributed by atoms with E-state index >= 15 is 0 Å². The topological polar surface area (TPSA) is 48.7 Å². The molecule has 0 bridgehead atoms. The normalized spacial score (nSPS) is 9.50. The first-order valence-electron chi connectivity index (χ1n) is 4.76. The molecular weight excluding hydrogens is 242 g/mol. The number of anilines is 1. The Labute approximate surface area is 105 Å². The third kappa shape index (κ3) is 4.56. The molecule has 0 spiro atoms. The highest BCUT2D eigenvalue weighted by molar-refractivity contribution is 7.99. The molecule has 0 aliphatic carbocycles. The number of aromatic nitrogens is 1. The van der Waals surface area contributed by atoms with Crippen LogP contribution in [0.2, 0.25) is 5.15 Å². The van der Waals surface area contributed by atoms with Crippen LogP contribution in [0.3, 0.4) is 0 Å². The molecule has 0 saturated heterocycles. The fourth-order valence-corrected chi connectivity index (χ4v) is 1.86. The molecule has 16 heavy (non-hydrogen) atoms. The first kappa shape index (κ1) is 12.9. The van der Waals surface area contributed by atoms with Crippen molar-refractivity contribution in [3.8, 4) is 6.07 Å². The van der Waals surface area contributed by atoms with Crippen molar-refractivity contribution in [1.29, 1.82) is 5.26 Å². The van der Waals surface area contributed by atoms with Crippen LogP contribution in [0.1, 0.15) is 5.56 Å². The zero-order valence-electron chi connectivity index (χ0n) is 8.74. The average Bonchev–Trinajstić information content (AvgIpc) is 2.28. The lowest BCUT2D eigenvalue weighted by atomic mass is 10.3. The van der Waals surface area contributed by atoms with Gasteiger partial charge in [0, 0.05) is 18.1 Å². The molecule has 1 rings (SSSR count). The van der Waals surface area contributed by atoms with Crippen LogP contribution in [0.25, 0.3) is 0 Å². The van der Waals surface area contributed by atoms with Crippen molar-refractivity contribution in [1.82, 2.24) is 4.98 Å². The summed E-state index contributed by atoms with van der Waals surface area (Å²) < 4.78 is 0. The highest BCUT2D eigenvalue weighted by Crippen LogP contribution is 2.13. The number of pyridine rings is 1. The second-order valence-corrected chi connectivity index (χ2v) is 4.50. The molecule has 1 aromatic heterocycles. The Hall–Kier alpha value is -1.18. The van der Waals surface area contributed by atoms with Gasteiger partial charge in [0.15, 0.2) is 0 Å². The fraction of sp³-hybridized carbons (Fsp3) is 0.273. The second-order valence-electron chi connectivity index (χ2n) is 2.97. The standard InChI is InChI=1S/C11H12ClN3S/c1-2-4-16-5-3-14-11-7-9(8-13)6-10(12)15-11/h2,6-7H,1,3-5H2,(H,14,15). The molecule has 1 N–H and O–H groups in total. The lowest BCUT2D eigenvalue weighted by molar-refractivity contribution is 1.17. The minimum Gasteiger partial charge on any atom is -0.369 e. The minimum atomic E-state index is 0.334. The molecule has 0 atom stereocenters. The molecule has 0 saturated carbocycles. The number of nitrogens with zero attached hydrogens (tertiary/aromatic N) is 2. The predicted octanol–water partition coefficient (Wildman–Crippen LogP) is 2.94. The summed E-state index contributed by atoms with van der Waals surface area (Å²) in [5.74, 6) is 2.54. The largest absolute Gasteiger partial charge is 0.369 e. The van der Waals surface area contributed by atoms with Crippen LogP contribution in [0, 0.1) is 11.3 Å². The molecule has 1 aromatic rings. The van der Waals surface area contributed by atoms with Gasteiger partial charge < -0.3 is 5.32 Å². The number of halogens is 1. The molecular formula is C11H12ClN3S. The Bertz CT molecular complexity index is 401. The molecule has 3 nitrogen and oxygen atoms in total. The van der Waals surface area contributed by atoms with E-state index in [1.54, 1.807) is 23.9 Å². The van der Waals surface area contributed by atoms with E-state index in [-0.39, 0.29) is 0 Å². The van der Waals surface area contributed by atoms with E-state index in [1.807, 2.05) is 12.1 Å². The van der Waals surface area contributed by atoms with E-state index in [0.717, 1.165) is 18.1 Å². The van der Waals surface area contributed by atoms with Crippen LogP contribution in [-0.2, 0) is 0 Å². The molecule has 84 valence electrons. The summed E-state index contributed by atoms with van der Waals surface area (Å²) in [5.41, 5.74) is 0.515. The average molecular weight is 254 g/mol. The first-order valence-corrected chi connectivity index (χ1v) is 6.29. The van der Waals surface area contributed by atoms with Gasteiger partial charge in [0.25, 0.3) is 0 Å². The molecule has 0 aromatic carbocycles. The maximum atomic E-state index is 8.75. The number of nitrogens with one attached hydrogen (secondary N) is 1. The highest BCUT2D eigenvalue weighted by Gasteiger charge is 1.99. The van der Waals surface area contributed by atoms with Gasteiger partial charge in [-0.15, -0.1) is 6.58 Å². The number of nitriles is 1. The number of hydrogen-bond donors (Lipinski definition) is 1. The predicted molar refractivity (Wildman–Crippen MR) is 70.0 cm³/mol. The van der Waals surface area contributed by atoms with E-state index in [4.69, 9.17) is 16.9 Å². The summed E-state index contributed by atoms with van der Waals surface area (Å²) in [6.07, 6.45) is 1.87. The maximum absolute atomic E-state index is 8.75. The maximum Gasteiger partial charge on any atom is 0.132 e. The second kappa shape index (κ2) is 7.15. The minimum absolute atomic E-state index is 0.334. The zero-order chi connectivity index (χ0) is 11.8. The van der Waals surface area contributed by atoms with E-state index in [2.05, 4.69) is 16.9 Å². The summed E-state index contributed by atoms with van der Waals surface area (Å²) in [4.78, 5) is 4.07. The van der Waals surface area contributed by atoms with Gasteiger partial charge in [-0.25, -0.2) is 4.98 Å². The molecule has 0 amide bonds. The molecule has 0 unspecified atom stereocenters. The van der Waals surface area contributed by atoms with Gasteiger partial charge in [0.1, 0.15) is 11.0 Å². The summed E-state index contributed by atoms with van der Waals surface area (Å²) in [5, 5.41) is 12.2. The summed E-state index contributed by atoms with van der Waals surface area (Å²) >= 11 is 7.55. The molecule has 1 heterocycles. The fourth-order valence-electron chi connectivity index (χ4n) is 1.07. The van der Waals surface area contributed by atoms with Crippen molar-refractivity contribution >= 4 is 29.2 Å². The number of hydrogen-bond acceptors (Lipinski definition) is 4. The van der Waals surface area contributed by atoms with Crippen molar-refractivity contribution in [2.24, 2.45) is 0 Å². The van der Waals surface area contributed by atoms with E-state index in [0.29, 0.717) is 16.5 Å². The van der Waals surface area contributed by atoms with Crippen molar-refractivity contribution in [2.45, 2.75) is 0 Å². The van der Waals surface area contributed by atoms with Crippen LogP contribution in [0.5, 0.6) is 0 Å². The van der Waals surface area contributed by atoms with Crippen LogP contribution in [0.15, 0.2) is 24.8 Å². The SMILES string of the molecule is C=CCSCCNc1cc(C#N)cc(Cl)n1. The summed E-state index contributed by atoms with van der Waals surface area (Å²) in [7, 11) is 0. The Morgan fingerprint density at radius 1 is 1.62 bits per heavy atom. The molecule has 0 aliphatic heterocycles. The van der Waals surface area contributed by atoms with Crippen molar-refractivity contribution in [2.75, 3.05) is 23.4 Å². The molecule has 0 fully saturated rings. The third-order valence-electron chi connectivity index (χ3n) is 1.71. The Kier molecular flexibility index (Phi) is 5.76. The van der Waals surface area contributed by atoms with E-state index in [9.17, 15) is 0 Å². The quantitative estimate of drug-likeness (QED) is 0.481. The number of rotatable bonds is 6. The zero-order valence-corrected chi connectivity index (χ0v) is 10.3. The first-order chi connectivity index (χ1) is 7.76. The van der Waals surface area contributed by atoms with Crippen LogP contribution in [-0.4, -0.2) is 23.0 Å². The van der Waals surface area contributed by atoms with Gasteiger partial charge in [0.2, 0.25) is 0 Å². The Balaban J connectivity index is 2.45. The Morgan fingerprint density at radius 2 is 2.44 bits per heavy atom. The van der Waals surface area contributed by atoms with Crippen molar-refractivity contribution in [3.05, 3.63) is 35.5 Å². The van der Waals surface area contributed by atoms with Gasteiger partial charge >= 0.3 is 0 Å². The monoisotopic (exact) mass is 253 g/mol. The smallest absolute Gasteiger partial charge is 0.132 e. The van der Waals surface area contributed by atoms with E-state index in [1.165, 1.54) is 0 Å². The molecule has 0 radical (unpaired) electrons. The van der Waals surface area contributed by atoms with Crippen molar-refractivity contribution < 1.29 is 0 Å². The summed E-state index contributed by atoms with van der Waals surface area (Å²) in [6.45, 7) is 4.43. The van der Waals surface area contributed by atoms with E-state index < -0.39 is 0 Å². The van der Waals surface area contributed by atoms with Crippen LogP contribution < -0.4 is 5.32 Å². The van der Waals surface area contributed by atoms with Gasteiger partial charge in [-0.2, -0.15) is 17.0 Å². The van der Waals surface area contributed by atoms with Crippen LogP contribution in [0.4, 0.5) is 5.82 Å².